The van der Waals surface area contributed by atoms with E-state index in [0.717, 1.165) is 18.2 Å². The summed E-state index contributed by atoms with van der Waals surface area (Å²) in [5, 5.41) is 0. The number of halogens is 3. The lowest BCUT2D eigenvalue weighted by molar-refractivity contribution is -0.137. The monoisotopic (exact) mass is 204 g/mol. The average molecular weight is 204 g/mol. The fourth-order valence-electron chi connectivity index (χ4n) is 1.02. The van der Waals surface area contributed by atoms with Gasteiger partial charge in [-0.3, -0.25) is 4.79 Å². The summed E-state index contributed by atoms with van der Waals surface area (Å²) in [6, 6.07) is 3.04. The molecule has 0 aliphatic rings. The van der Waals surface area contributed by atoms with Crippen LogP contribution in [0, 0.1) is 0 Å². The Morgan fingerprint density at radius 1 is 1.36 bits per heavy atom. The molecular weight excluding hydrogens is 197 g/mol. The van der Waals surface area contributed by atoms with E-state index in [2.05, 4.69) is 0 Å². The molecule has 0 radical (unpaired) electrons. The molecule has 2 nitrogen and oxygen atoms in total. The van der Waals surface area contributed by atoms with E-state index in [4.69, 9.17) is 4.74 Å². The van der Waals surface area contributed by atoms with Gasteiger partial charge in [0.05, 0.1) is 12.7 Å². The fourth-order valence-corrected chi connectivity index (χ4v) is 1.02. The van der Waals surface area contributed by atoms with E-state index in [1.165, 1.54) is 7.11 Å². The maximum atomic E-state index is 12.3. The van der Waals surface area contributed by atoms with Crippen molar-refractivity contribution in [1.82, 2.24) is 0 Å². The first-order chi connectivity index (χ1) is 6.49. The van der Waals surface area contributed by atoms with Gasteiger partial charge in [0.2, 0.25) is 0 Å². The van der Waals surface area contributed by atoms with Crippen molar-refractivity contribution < 1.29 is 22.7 Å². The molecule has 0 aromatic heterocycles. The Balaban J connectivity index is 3.25. The zero-order valence-corrected chi connectivity index (χ0v) is 7.26. The summed E-state index contributed by atoms with van der Waals surface area (Å²) in [5.74, 6) is 0.222. The Morgan fingerprint density at radius 2 is 2.00 bits per heavy atom. The molecule has 1 aromatic carbocycles. The van der Waals surface area contributed by atoms with Gasteiger partial charge in [0, 0.05) is 5.56 Å². The minimum absolute atomic E-state index is 0.158. The van der Waals surface area contributed by atoms with Crippen LogP contribution in [0.4, 0.5) is 13.2 Å². The average Bonchev–Trinajstić information content (AvgIpc) is 2.15. The number of methoxy groups -OCH3 is 1. The van der Waals surface area contributed by atoms with Crippen molar-refractivity contribution in [1.29, 1.82) is 0 Å². The highest BCUT2D eigenvalue weighted by atomic mass is 19.4. The van der Waals surface area contributed by atoms with Crippen molar-refractivity contribution in [3.63, 3.8) is 0 Å². The van der Waals surface area contributed by atoms with Crippen LogP contribution in [0.5, 0.6) is 5.75 Å². The summed E-state index contributed by atoms with van der Waals surface area (Å²) in [6.07, 6.45) is -4.35. The van der Waals surface area contributed by atoms with E-state index in [9.17, 15) is 18.0 Å². The number of benzene rings is 1. The maximum absolute atomic E-state index is 12.3. The Hall–Kier alpha value is -1.52. The van der Waals surface area contributed by atoms with Gasteiger partial charge >= 0.3 is 6.18 Å². The van der Waals surface area contributed by atoms with Gasteiger partial charge in [-0.1, -0.05) is 0 Å². The van der Waals surface area contributed by atoms with Crippen LogP contribution in [0.2, 0.25) is 0 Å². The van der Waals surface area contributed by atoms with Crippen LogP contribution in [-0.2, 0) is 6.18 Å². The highest BCUT2D eigenvalue weighted by Gasteiger charge is 2.33. The minimum Gasteiger partial charge on any atom is -0.497 e. The van der Waals surface area contributed by atoms with Gasteiger partial charge in [0.1, 0.15) is 5.75 Å². The van der Waals surface area contributed by atoms with Crippen LogP contribution >= 0.6 is 0 Å². The first-order valence-corrected chi connectivity index (χ1v) is 3.69. The highest BCUT2D eigenvalue weighted by Crippen LogP contribution is 2.32. The van der Waals surface area contributed by atoms with Crippen LogP contribution in [0.15, 0.2) is 18.2 Å². The summed E-state index contributed by atoms with van der Waals surface area (Å²) in [4.78, 5) is 10.4. The molecule has 1 aromatic rings. The molecule has 0 atom stereocenters. The van der Waals surface area contributed by atoms with Gasteiger partial charge < -0.3 is 4.74 Å². The molecule has 76 valence electrons. The summed E-state index contributed by atoms with van der Waals surface area (Å²) in [5.41, 5.74) is -1.37. The molecule has 0 saturated heterocycles. The minimum atomic E-state index is -4.51. The predicted octanol–water partition coefficient (Wildman–Crippen LogP) is 2.53. The third-order valence-electron chi connectivity index (χ3n) is 1.69. The lowest BCUT2D eigenvalue weighted by Gasteiger charge is -2.09. The van der Waals surface area contributed by atoms with Gasteiger partial charge in [-0.25, -0.2) is 0 Å². The van der Waals surface area contributed by atoms with E-state index >= 15 is 0 Å². The molecule has 14 heavy (non-hydrogen) atoms. The Bertz CT molecular complexity index is 344. The predicted molar refractivity (Wildman–Crippen MR) is 43.4 cm³/mol. The zero-order chi connectivity index (χ0) is 10.8. The molecule has 0 fully saturated rings. The van der Waals surface area contributed by atoms with Crippen molar-refractivity contribution in [3.8, 4) is 5.75 Å². The van der Waals surface area contributed by atoms with E-state index in [1.54, 1.807) is 0 Å². The van der Waals surface area contributed by atoms with E-state index < -0.39 is 17.3 Å². The van der Waals surface area contributed by atoms with Crippen LogP contribution < -0.4 is 4.74 Å². The lowest BCUT2D eigenvalue weighted by Crippen LogP contribution is -2.08. The number of rotatable bonds is 2. The molecule has 0 saturated carbocycles. The number of aldehydes is 1. The lowest BCUT2D eigenvalue weighted by atomic mass is 10.1. The molecular formula is C9H7F3O2. The first-order valence-electron chi connectivity index (χ1n) is 3.69. The largest absolute Gasteiger partial charge is 0.497 e. The zero-order valence-electron chi connectivity index (χ0n) is 7.26. The molecule has 0 aliphatic heterocycles. The standard InChI is InChI=1S/C9H7F3O2/c1-14-7-2-3-8(9(10,11)12)6(4-7)5-13/h2-5H,1H3. The molecule has 0 spiro atoms. The Kier molecular flexibility index (Phi) is 2.78. The maximum Gasteiger partial charge on any atom is 0.417 e. The molecule has 0 heterocycles. The molecule has 0 unspecified atom stereocenters. The summed E-state index contributed by atoms with van der Waals surface area (Å²) < 4.78 is 41.5. The van der Waals surface area contributed by atoms with Gasteiger partial charge in [-0.15, -0.1) is 0 Å². The van der Waals surface area contributed by atoms with Crippen LogP contribution in [0.25, 0.3) is 0 Å². The van der Waals surface area contributed by atoms with Gasteiger partial charge in [0.25, 0.3) is 0 Å². The second-order valence-corrected chi connectivity index (χ2v) is 2.57. The van der Waals surface area contributed by atoms with Crippen molar-refractivity contribution >= 4 is 6.29 Å². The SMILES string of the molecule is COc1ccc(C(F)(F)F)c(C=O)c1. The highest BCUT2D eigenvalue weighted by molar-refractivity contribution is 5.78. The van der Waals surface area contributed by atoms with Crippen LogP contribution in [-0.4, -0.2) is 13.4 Å². The third-order valence-corrected chi connectivity index (χ3v) is 1.69. The molecule has 1 rings (SSSR count). The van der Waals surface area contributed by atoms with E-state index in [0.29, 0.717) is 0 Å². The quantitative estimate of drug-likeness (QED) is 0.692. The van der Waals surface area contributed by atoms with Gasteiger partial charge in [-0.05, 0) is 18.2 Å². The molecule has 0 amide bonds. The smallest absolute Gasteiger partial charge is 0.417 e. The van der Waals surface area contributed by atoms with Crippen molar-refractivity contribution in [3.05, 3.63) is 29.3 Å². The molecule has 0 bridgehead atoms. The number of alkyl halides is 3. The van der Waals surface area contributed by atoms with Gasteiger partial charge in [-0.2, -0.15) is 13.2 Å². The summed E-state index contributed by atoms with van der Waals surface area (Å²) >= 11 is 0. The first kappa shape index (κ1) is 10.6. The van der Waals surface area contributed by atoms with Crippen molar-refractivity contribution in [2.45, 2.75) is 6.18 Å². The number of hydrogen-bond donors (Lipinski definition) is 0. The van der Waals surface area contributed by atoms with Crippen LogP contribution in [0.1, 0.15) is 15.9 Å². The Labute approximate surface area is 78.3 Å². The van der Waals surface area contributed by atoms with Gasteiger partial charge in [0.15, 0.2) is 6.29 Å². The van der Waals surface area contributed by atoms with Crippen LogP contribution in [0.3, 0.4) is 0 Å². The molecule has 0 aliphatic carbocycles. The van der Waals surface area contributed by atoms with E-state index in [-0.39, 0.29) is 12.0 Å². The second-order valence-electron chi connectivity index (χ2n) is 2.57. The van der Waals surface area contributed by atoms with Crippen molar-refractivity contribution in [2.75, 3.05) is 7.11 Å². The third kappa shape index (κ3) is 2.04. The Morgan fingerprint density at radius 3 is 2.43 bits per heavy atom. The summed E-state index contributed by atoms with van der Waals surface area (Å²) in [6.45, 7) is 0. The topological polar surface area (TPSA) is 26.3 Å². The summed E-state index contributed by atoms with van der Waals surface area (Å²) in [7, 11) is 1.32. The van der Waals surface area contributed by atoms with Crippen molar-refractivity contribution in [2.24, 2.45) is 0 Å². The number of carbonyl (C=O) groups is 1. The second kappa shape index (κ2) is 3.69. The fraction of sp³-hybridized carbons (Fsp3) is 0.222. The number of ether oxygens (including phenoxy) is 1. The number of hydrogen-bond acceptors (Lipinski definition) is 2. The normalized spacial score (nSPS) is 11.1. The molecule has 5 heteroatoms. The number of carbonyl (C=O) groups excluding carboxylic acids is 1. The van der Waals surface area contributed by atoms with E-state index in [1.807, 2.05) is 0 Å². The molecule has 0 N–H and O–H groups in total.